The fourth-order valence-corrected chi connectivity index (χ4v) is 2.31. The number of piperidine rings is 1. The molecule has 3 nitrogen and oxygen atoms in total. The van der Waals surface area contributed by atoms with Crippen molar-refractivity contribution in [1.29, 1.82) is 0 Å². The van der Waals surface area contributed by atoms with Gasteiger partial charge in [-0.15, -0.1) is 0 Å². The Kier molecular flexibility index (Phi) is 4.19. The highest BCUT2D eigenvalue weighted by molar-refractivity contribution is 6.31. The molecule has 18 heavy (non-hydrogen) atoms. The van der Waals surface area contributed by atoms with Crippen molar-refractivity contribution in [3.8, 4) is 0 Å². The number of likely N-dealkylation sites (tertiary alicyclic amines) is 1. The Balaban J connectivity index is 1.92. The number of carbonyl (C=O) groups excluding carboxylic acids is 1. The smallest absolute Gasteiger partial charge is 0.222 e. The molecule has 1 aromatic carbocycles. The van der Waals surface area contributed by atoms with E-state index < -0.39 is 5.82 Å². The Labute approximate surface area is 111 Å². The number of benzene rings is 1. The average Bonchev–Trinajstić information content (AvgIpc) is 2.35. The van der Waals surface area contributed by atoms with Crippen molar-refractivity contribution >= 4 is 17.5 Å². The first-order valence-corrected chi connectivity index (χ1v) is 6.36. The predicted molar refractivity (Wildman–Crippen MR) is 68.9 cm³/mol. The van der Waals surface area contributed by atoms with E-state index in [1.807, 2.05) is 0 Å². The Morgan fingerprint density at radius 1 is 1.56 bits per heavy atom. The number of carbonyl (C=O) groups is 1. The number of rotatable bonds is 3. The molecular formula is C13H16ClFN2O. The van der Waals surface area contributed by atoms with Gasteiger partial charge < -0.3 is 10.2 Å². The van der Waals surface area contributed by atoms with E-state index in [2.05, 4.69) is 5.32 Å². The highest BCUT2D eigenvalue weighted by Gasteiger charge is 2.22. The lowest BCUT2D eigenvalue weighted by Gasteiger charge is -2.30. The maximum absolute atomic E-state index is 13.2. The number of halogens is 2. The molecule has 98 valence electrons. The highest BCUT2D eigenvalue weighted by Crippen LogP contribution is 2.20. The Morgan fingerprint density at radius 3 is 3.06 bits per heavy atom. The summed E-state index contributed by atoms with van der Waals surface area (Å²) in [6, 6.07) is 5.04. The number of hydrogen-bond acceptors (Lipinski definition) is 2. The van der Waals surface area contributed by atoms with Crippen LogP contribution in [-0.2, 0) is 11.3 Å². The first-order chi connectivity index (χ1) is 8.58. The summed E-state index contributed by atoms with van der Waals surface area (Å²) in [7, 11) is 1.80. The van der Waals surface area contributed by atoms with Crippen LogP contribution in [0.2, 0.25) is 5.02 Å². The molecule has 0 saturated carbocycles. The molecule has 1 N–H and O–H groups in total. The summed E-state index contributed by atoms with van der Waals surface area (Å²) in [6.07, 6.45) is 1.38. The van der Waals surface area contributed by atoms with Gasteiger partial charge in [0.25, 0.3) is 0 Å². The average molecular weight is 271 g/mol. The summed E-state index contributed by atoms with van der Waals surface area (Å²) >= 11 is 5.88. The Bertz CT molecular complexity index is 453. The number of nitrogens with one attached hydrogen (secondary N) is 1. The lowest BCUT2D eigenvalue weighted by atomic mass is 10.1. The molecule has 1 aromatic rings. The van der Waals surface area contributed by atoms with Gasteiger partial charge in [0, 0.05) is 32.6 Å². The molecular weight excluding hydrogens is 255 g/mol. The van der Waals surface area contributed by atoms with Crippen molar-refractivity contribution in [1.82, 2.24) is 10.2 Å². The molecule has 1 fully saturated rings. The molecule has 1 atom stereocenters. The van der Waals surface area contributed by atoms with Crippen LogP contribution in [0.3, 0.4) is 0 Å². The lowest BCUT2D eigenvalue weighted by Crippen LogP contribution is -2.46. The molecule has 1 aliphatic rings. The van der Waals surface area contributed by atoms with Gasteiger partial charge in [-0.1, -0.05) is 23.7 Å². The second-order valence-corrected chi connectivity index (χ2v) is 4.98. The molecule has 0 aliphatic carbocycles. The van der Waals surface area contributed by atoms with Gasteiger partial charge in [-0.2, -0.15) is 0 Å². The first kappa shape index (κ1) is 13.3. The van der Waals surface area contributed by atoms with E-state index in [0.717, 1.165) is 12.0 Å². The van der Waals surface area contributed by atoms with E-state index in [9.17, 15) is 9.18 Å². The molecule has 1 heterocycles. The van der Waals surface area contributed by atoms with Gasteiger partial charge >= 0.3 is 0 Å². The van der Waals surface area contributed by atoms with Crippen molar-refractivity contribution in [2.45, 2.75) is 25.4 Å². The van der Waals surface area contributed by atoms with Crippen LogP contribution in [0.5, 0.6) is 0 Å². The van der Waals surface area contributed by atoms with Gasteiger partial charge in [-0.25, -0.2) is 4.39 Å². The fourth-order valence-electron chi connectivity index (χ4n) is 2.12. The van der Waals surface area contributed by atoms with Crippen molar-refractivity contribution in [3.63, 3.8) is 0 Å². The molecule has 5 heteroatoms. The lowest BCUT2D eigenvalue weighted by molar-refractivity contribution is -0.132. The Morgan fingerprint density at radius 2 is 2.33 bits per heavy atom. The van der Waals surface area contributed by atoms with Crippen LogP contribution in [-0.4, -0.2) is 30.4 Å². The highest BCUT2D eigenvalue weighted by atomic mass is 35.5. The van der Waals surface area contributed by atoms with Gasteiger partial charge in [-0.3, -0.25) is 4.79 Å². The maximum atomic E-state index is 13.2. The van der Waals surface area contributed by atoms with Crippen LogP contribution in [0.1, 0.15) is 18.4 Å². The Hall–Kier alpha value is -1.13. The maximum Gasteiger partial charge on any atom is 0.222 e. The topological polar surface area (TPSA) is 32.3 Å². The quantitative estimate of drug-likeness (QED) is 0.913. The zero-order valence-corrected chi connectivity index (χ0v) is 11.0. The molecule has 0 bridgehead atoms. The van der Waals surface area contributed by atoms with E-state index in [1.165, 1.54) is 6.07 Å². The molecule has 1 unspecified atom stereocenters. The fraction of sp³-hybridized carbons (Fsp3) is 0.462. The summed E-state index contributed by atoms with van der Waals surface area (Å²) in [5.74, 6) is -0.219. The van der Waals surface area contributed by atoms with Gasteiger partial charge in [-0.05, 0) is 18.1 Å². The van der Waals surface area contributed by atoms with Crippen molar-refractivity contribution < 1.29 is 9.18 Å². The largest absolute Gasteiger partial charge is 0.344 e. The van der Waals surface area contributed by atoms with Gasteiger partial charge in [0.1, 0.15) is 5.82 Å². The predicted octanol–water partition coefficient (Wildman–Crippen LogP) is 2.19. The standard InChI is InChI=1S/C13H16ClFN2O/c1-17-8-10(5-6-12(17)18)16-7-9-3-2-4-11(15)13(9)14/h2-4,10,16H,5-8H2,1H3. The van der Waals surface area contributed by atoms with Crippen LogP contribution in [0, 0.1) is 5.82 Å². The first-order valence-electron chi connectivity index (χ1n) is 5.98. The van der Waals surface area contributed by atoms with E-state index >= 15 is 0 Å². The summed E-state index contributed by atoms with van der Waals surface area (Å²) in [4.78, 5) is 13.1. The molecule has 0 radical (unpaired) electrons. The summed E-state index contributed by atoms with van der Waals surface area (Å²) < 4.78 is 13.2. The second kappa shape index (κ2) is 5.67. The normalized spacial score (nSPS) is 20.3. The van der Waals surface area contributed by atoms with Crippen LogP contribution in [0.4, 0.5) is 4.39 Å². The van der Waals surface area contributed by atoms with Gasteiger partial charge in [0.2, 0.25) is 5.91 Å². The number of likely N-dealkylation sites (N-methyl/N-ethyl adjacent to an activating group) is 1. The van der Waals surface area contributed by atoms with Crippen molar-refractivity contribution in [3.05, 3.63) is 34.6 Å². The van der Waals surface area contributed by atoms with Crippen LogP contribution >= 0.6 is 11.6 Å². The zero-order valence-electron chi connectivity index (χ0n) is 10.2. The third-order valence-corrected chi connectivity index (χ3v) is 3.66. The van der Waals surface area contributed by atoms with E-state index in [4.69, 9.17) is 11.6 Å². The summed E-state index contributed by atoms with van der Waals surface area (Å²) in [5, 5.41) is 3.48. The van der Waals surface area contributed by atoms with E-state index in [0.29, 0.717) is 19.5 Å². The van der Waals surface area contributed by atoms with Crippen LogP contribution in [0.15, 0.2) is 18.2 Å². The van der Waals surface area contributed by atoms with Gasteiger partial charge in [0.05, 0.1) is 5.02 Å². The third-order valence-electron chi connectivity index (χ3n) is 3.24. The molecule has 1 saturated heterocycles. The molecule has 1 amide bonds. The van der Waals surface area contributed by atoms with Crippen LogP contribution < -0.4 is 5.32 Å². The number of nitrogens with zero attached hydrogens (tertiary/aromatic N) is 1. The minimum Gasteiger partial charge on any atom is -0.344 e. The monoisotopic (exact) mass is 270 g/mol. The number of hydrogen-bond donors (Lipinski definition) is 1. The minimum atomic E-state index is -0.396. The van der Waals surface area contributed by atoms with E-state index in [-0.39, 0.29) is 17.0 Å². The third kappa shape index (κ3) is 3.00. The SMILES string of the molecule is CN1CC(NCc2cccc(F)c2Cl)CCC1=O. The van der Waals surface area contributed by atoms with Crippen molar-refractivity contribution in [2.75, 3.05) is 13.6 Å². The molecule has 2 rings (SSSR count). The second-order valence-electron chi connectivity index (χ2n) is 4.60. The number of amides is 1. The summed E-state index contributed by atoms with van der Waals surface area (Å²) in [5.41, 5.74) is 0.746. The van der Waals surface area contributed by atoms with Gasteiger partial charge in [0.15, 0.2) is 0 Å². The minimum absolute atomic E-state index is 0.172. The summed E-state index contributed by atoms with van der Waals surface area (Å²) in [6.45, 7) is 1.20. The van der Waals surface area contributed by atoms with E-state index in [1.54, 1.807) is 24.1 Å². The van der Waals surface area contributed by atoms with Crippen LogP contribution in [0.25, 0.3) is 0 Å². The van der Waals surface area contributed by atoms with Crippen molar-refractivity contribution in [2.24, 2.45) is 0 Å². The molecule has 0 spiro atoms. The zero-order chi connectivity index (χ0) is 13.1. The molecule has 1 aliphatic heterocycles. The molecule has 0 aromatic heterocycles.